The molecule has 3 atom stereocenters. The molecular weight excluding hydrogens is 462 g/mol. The van der Waals surface area contributed by atoms with Gasteiger partial charge in [0.05, 0.1) is 19.3 Å². The van der Waals surface area contributed by atoms with Gasteiger partial charge in [-0.25, -0.2) is 0 Å². The summed E-state index contributed by atoms with van der Waals surface area (Å²) in [5.74, 6) is -1.83. The second-order valence-electron chi connectivity index (χ2n) is 9.41. The van der Waals surface area contributed by atoms with Crippen LogP contribution in [0, 0.1) is 5.92 Å². The van der Waals surface area contributed by atoms with Crippen LogP contribution in [0.15, 0.2) is 54.6 Å². The van der Waals surface area contributed by atoms with Gasteiger partial charge in [0.1, 0.15) is 6.04 Å². The fourth-order valence-corrected chi connectivity index (χ4v) is 3.86. The first-order valence-electron chi connectivity index (χ1n) is 12.0. The molecule has 1 fully saturated rings. The molecule has 4 N–H and O–H groups in total. The number of carbonyl (C=O) groups excluding carboxylic acids is 4. The number of benzene rings is 2. The van der Waals surface area contributed by atoms with Crippen molar-refractivity contribution in [3.63, 3.8) is 0 Å². The first kappa shape index (κ1) is 27.0. The van der Waals surface area contributed by atoms with Gasteiger partial charge in [-0.05, 0) is 35.6 Å². The number of hydrogen-bond acceptors (Lipinski definition) is 6. The fourth-order valence-electron chi connectivity index (χ4n) is 3.86. The number of rotatable bonds is 12. The van der Waals surface area contributed by atoms with Crippen LogP contribution in [0.3, 0.4) is 0 Å². The quantitative estimate of drug-likeness (QED) is 0.329. The van der Waals surface area contributed by atoms with Gasteiger partial charge in [-0.15, -0.1) is 0 Å². The SMILES string of the molecule is CC(=O)NC[C@H](NC(=O)c1cccc(-c2ccccc2)c1)C(=O)NC(CC(C)C)C(=O)C1(CO)CO1. The Morgan fingerprint density at radius 1 is 0.972 bits per heavy atom. The molecule has 0 aliphatic carbocycles. The topological polar surface area (TPSA) is 137 Å². The molecule has 36 heavy (non-hydrogen) atoms. The summed E-state index contributed by atoms with van der Waals surface area (Å²) in [4.78, 5) is 50.8. The van der Waals surface area contributed by atoms with Crippen molar-refractivity contribution in [3.05, 3.63) is 60.2 Å². The zero-order valence-corrected chi connectivity index (χ0v) is 20.7. The number of amides is 3. The Kier molecular flexibility index (Phi) is 8.95. The van der Waals surface area contributed by atoms with E-state index in [-0.39, 0.29) is 25.0 Å². The number of nitrogens with one attached hydrogen (secondary N) is 3. The maximum absolute atomic E-state index is 13.2. The minimum absolute atomic E-state index is 0.0675. The van der Waals surface area contributed by atoms with E-state index < -0.39 is 41.9 Å². The highest BCUT2D eigenvalue weighted by Gasteiger charge is 2.54. The van der Waals surface area contributed by atoms with Gasteiger partial charge in [0.15, 0.2) is 11.4 Å². The van der Waals surface area contributed by atoms with Gasteiger partial charge in [-0.3, -0.25) is 19.2 Å². The first-order valence-corrected chi connectivity index (χ1v) is 12.0. The molecular formula is C27H33N3O6. The predicted octanol–water partition coefficient (Wildman–Crippen LogP) is 1.45. The van der Waals surface area contributed by atoms with Crippen LogP contribution < -0.4 is 16.0 Å². The second kappa shape index (κ2) is 11.9. The lowest BCUT2D eigenvalue weighted by atomic mass is 9.92. The summed E-state index contributed by atoms with van der Waals surface area (Å²) in [5, 5.41) is 17.5. The number of epoxide rings is 1. The van der Waals surface area contributed by atoms with Gasteiger partial charge in [-0.2, -0.15) is 0 Å². The Morgan fingerprint density at radius 2 is 1.64 bits per heavy atom. The smallest absolute Gasteiger partial charge is 0.252 e. The zero-order chi connectivity index (χ0) is 26.3. The van der Waals surface area contributed by atoms with Crippen molar-refractivity contribution in [2.24, 2.45) is 5.92 Å². The van der Waals surface area contributed by atoms with E-state index in [1.165, 1.54) is 6.92 Å². The van der Waals surface area contributed by atoms with Crippen LogP contribution >= 0.6 is 0 Å². The predicted molar refractivity (Wildman–Crippen MR) is 134 cm³/mol. The van der Waals surface area contributed by atoms with Gasteiger partial charge in [0, 0.05) is 19.0 Å². The Morgan fingerprint density at radius 3 is 2.22 bits per heavy atom. The van der Waals surface area contributed by atoms with Crippen molar-refractivity contribution >= 4 is 23.5 Å². The molecule has 3 rings (SSSR count). The summed E-state index contributed by atoms with van der Waals surface area (Å²) in [6.07, 6.45) is 0.329. The molecule has 2 aromatic rings. The van der Waals surface area contributed by atoms with Crippen molar-refractivity contribution in [1.29, 1.82) is 0 Å². The molecule has 192 valence electrons. The van der Waals surface area contributed by atoms with Crippen LogP contribution in [0.25, 0.3) is 11.1 Å². The van der Waals surface area contributed by atoms with Crippen LogP contribution in [0.5, 0.6) is 0 Å². The van der Waals surface area contributed by atoms with E-state index in [9.17, 15) is 24.3 Å². The normalized spacial score (nSPS) is 18.1. The van der Waals surface area contributed by atoms with Crippen molar-refractivity contribution in [2.45, 2.75) is 44.9 Å². The number of aliphatic hydroxyl groups is 1. The molecule has 1 aliphatic rings. The molecule has 0 aromatic heterocycles. The van der Waals surface area contributed by atoms with Crippen LogP contribution in [-0.2, 0) is 19.1 Å². The Labute approximate surface area is 210 Å². The molecule has 0 spiro atoms. The van der Waals surface area contributed by atoms with E-state index >= 15 is 0 Å². The van der Waals surface area contributed by atoms with Gasteiger partial charge >= 0.3 is 0 Å². The first-order chi connectivity index (χ1) is 17.1. The average Bonchev–Trinajstić information content (AvgIpc) is 3.67. The van der Waals surface area contributed by atoms with E-state index in [4.69, 9.17) is 4.74 Å². The van der Waals surface area contributed by atoms with E-state index in [1.807, 2.05) is 50.2 Å². The van der Waals surface area contributed by atoms with Gasteiger partial charge in [0.25, 0.3) is 5.91 Å². The number of aliphatic hydroxyl groups excluding tert-OH is 1. The van der Waals surface area contributed by atoms with Gasteiger partial charge in [-0.1, -0.05) is 56.3 Å². The highest BCUT2D eigenvalue weighted by Crippen LogP contribution is 2.30. The number of ketones is 1. The van der Waals surface area contributed by atoms with E-state index in [0.29, 0.717) is 12.0 Å². The minimum Gasteiger partial charge on any atom is -0.393 e. The lowest BCUT2D eigenvalue weighted by molar-refractivity contribution is -0.133. The van der Waals surface area contributed by atoms with Gasteiger partial charge in [0.2, 0.25) is 11.8 Å². The Bertz CT molecular complexity index is 1100. The van der Waals surface area contributed by atoms with Crippen molar-refractivity contribution in [1.82, 2.24) is 16.0 Å². The summed E-state index contributed by atoms with van der Waals surface area (Å²) in [6.45, 7) is 4.58. The number of carbonyl (C=O) groups is 4. The highest BCUT2D eigenvalue weighted by atomic mass is 16.6. The summed E-state index contributed by atoms with van der Waals surface area (Å²) in [6, 6.07) is 14.5. The molecule has 9 nitrogen and oxygen atoms in total. The summed E-state index contributed by atoms with van der Waals surface area (Å²) in [7, 11) is 0. The Balaban J connectivity index is 1.77. The third kappa shape index (κ3) is 6.99. The fraction of sp³-hybridized carbons (Fsp3) is 0.407. The number of hydrogen-bond donors (Lipinski definition) is 4. The second-order valence-corrected chi connectivity index (χ2v) is 9.41. The van der Waals surface area contributed by atoms with E-state index in [0.717, 1.165) is 11.1 Å². The Hall–Kier alpha value is -3.56. The standard InChI is InChI=1S/C27H33N3O6/c1-17(2)12-22(24(33)27(15-31)16-36-27)29-26(35)23(14-28-18(3)32)30-25(34)21-11-7-10-20(13-21)19-8-5-4-6-9-19/h4-11,13,17,22-23,31H,12,14-16H2,1-3H3,(H,28,32)(H,29,35)(H,30,34)/t22?,23-,27?/m0/s1. The molecule has 1 heterocycles. The maximum atomic E-state index is 13.2. The van der Waals surface area contributed by atoms with Crippen molar-refractivity contribution in [3.8, 4) is 11.1 Å². The third-order valence-electron chi connectivity index (χ3n) is 5.95. The molecule has 0 radical (unpaired) electrons. The van der Waals surface area contributed by atoms with Crippen LogP contribution in [0.1, 0.15) is 37.6 Å². The van der Waals surface area contributed by atoms with Crippen molar-refractivity contribution < 1.29 is 29.0 Å². The molecule has 1 aliphatic heterocycles. The zero-order valence-electron chi connectivity index (χ0n) is 20.7. The highest BCUT2D eigenvalue weighted by molar-refractivity contribution is 6.01. The number of ether oxygens (including phenoxy) is 1. The van der Waals surface area contributed by atoms with Crippen molar-refractivity contribution in [2.75, 3.05) is 19.8 Å². The molecule has 0 bridgehead atoms. The largest absolute Gasteiger partial charge is 0.393 e. The van der Waals surface area contributed by atoms with Crippen LogP contribution in [-0.4, -0.2) is 66.1 Å². The third-order valence-corrected chi connectivity index (χ3v) is 5.95. The summed E-state index contributed by atoms with van der Waals surface area (Å²) >= 11 is 0. The molecule has 2 aromatic carbocycles. The lowest BCUT2D eigenvalue weighted by Gasteiger charge is -2.25. The summed E-state index contributed by atoms with van der Waals surface area (Å²) in [5.41, 5.74) is 0.834. The number of Topliss-reactive ketones (excluding diaryl/α,β-unsaturated/α-hetero) is 1. The molecule has 2 unspecified atom stereocenters. The van der Waals surface area contributed by atoms with Crippen LogP contribution in [0.4, 0.5) is 0 Å². The monoisotopic (exact) mass is 495 g/mol. The van der Waals surface area contributed by atoms with E-state index in [1.54, 1.807) is 18.2 Å². The van der Waals surface area contributed by atoms with E-state index in [2.05, 4.69) is 16.0 Å². The van der Waals surface area contributed by atoms with Gasteiger partial charge < -0.3 is 25.8 Å². The maximum Gasteiger partial charge on any atom is 0.252 e. The molecule has 9 heteroatoms. The molecule has 1 saturated heterocycles. The lowest BCUT2D eigenvalue weighted by Crippen LogP contribution is -2.57. The molecule has 3 amide bonds. The van der Waals surface area contributed by atoms with Crippen LogP contribution in [0.2, 0.25) is 0 Å². The minimum atomic E-state index is -1.29. The molecule has 0 saturated carbocycles. The average molecular weight is 496 g/mol. The summed E-state index contributed by atoms with van der Waals surface area (Å²) < 4.78 is 5.18.